The second-order valence-corrected chi connectivity index (χ2v) is 5.27. The Morgan fingerprint density at radius 2 is 1.52 bits per heavy atom. The Kier molecular flexibility index (Phi) is 9.44. The molecule has 3 amide bonds. The predicted molar refractivity (Wildman–Crippen MR) is 90.3 cm³/mol. The van der Waals surface area contributed by atoms with E-state index in [1.165, 1.54) is 0 Å². The Morgan fingerprint density at radius 3 is 1.87 bits per heavy atom. The van der Waals surface area contributed by atoms with Crippen LogP contribution in [0, 0.1) is 0 Å². The van der Waals surface area contributed by atoms with Gasteiger partial charge in [0.25, 0.3) is 5.91 Å². The summed E-state index contributed by atoms with van der Waals surface area (Å²) in [5, 5.41) is 7.20. The van der Waals surface area contributed by atoms with Gasteiger partial charge in [0.15, 0.2) is 5.11 Å². The summed E-state index contributed by atoms with van der Waals surface area (Å²) in [5.41, 5.74) is 5.84. The van der Waals surface area contributed by atoms with Crippen molar-refractivity contribution in [3.63, 3.8) is 0 Å². The third-order valence-electron chi connectivity index (χ3n) is 2.47. The molecular formula is C14H22N4O4S. The zero-order valence-electron chi connectivity index (χ0n) is 13.2. The molecular weight excluding hydrogens is 320 g/mol. The first-order valence-corrected chi connectivity index (χ1v) is 7.12. The van der Waals surface area contributed by atoms with E-state index in [0.29, 0.717) is 11.1 Å². The van der Waals surface area contributed by atoms with E-state index >= 15 is 0 Å². The number of carbonyl (C=O) groups excluding carboxylic acids is 3. The van der Waals surface area contributed by atoms with Crippen LogP contribution in [-0.4, -0.2) is 48.6 Å². The zero-order chi connectivity index (χ0) is 18.0. The normalized spacial score (nSPS) is 9.87. The highest BCUT2D eigenvalue weighted by molar-refractivity contribution is 7.80. The molecule has 0 aliphatic carbocycles. The molecule has 0 spiro atoms. The number of hydrogen-bond donors (Lipinski definition) is 4. The van der Waals surface area contributed by atoms with Crippen LogP contribution in [0.1, 0.15) is 13.8 Å². The van der Waals surface area contributed by atoms with E-state index in [2.05, 4.69) is 41.3 Å². The summed E-state index contributed by atoms with van der Waals surface area (Å²) in [5.74, 6) is -1.23. The van der Waals surface area contributed by atoms with Crippen molar-refractivity contribution < 1.29 is 19.1 Å². The van der Waals surface area contributed by atoms with Crippen LogP contribution < -0.4 is 21.7 Å². The van der Waals surface area contributed by atoms with Crippen molar-refractivity contribution in [1.82, 2.24) is 16.0 Å². The highest BCUT2D eigenvalue weighted by Gasteiger charge is 2.15. The molecule has 8 nitrogen and oxygen atoms in total. The molecule has 0 saturated heterocycles. The number of carbonyl (C=O) groups is 3. The minimum Gasteiger partial charge on any atom is -0.376 e. The van der Waals surface area contributed by atoms with Crippen molar-refractivity contribution in [2.24, 2.45) is 5.73 Å². The van der Waals surface area contributed by atoms with Crippen LogP contribution in [0.2, 0.25) is 0 Å². The van der Waals surface area contributed by atoms with Gasteiger partial charge in [0.2, 0.25) is 11.8 Å². The van der Waals surface area contributed by atoms with Crippen LogP contribution in [0.4, 0.5) is 0 Å². The fourth-order valence-corrected chi connectivity index (χ4v) is 1.39. The lowest BCUT2D eigenvalue weighted by Crippen LogP contribution is -2.44. The Hall–Kier alpha value is -2.26. The van der Waals surface area contributed by atoms with Gasteiger partial charge in [-0.1, -0.05) is 13.2 Å². The van der Waals surface area contributed by atoms with E-state index in [1.54, 1.807) is 13.8 Å². The standard InChI is InChI=1S/C14H22N4O4S/c1-8(2)12(20)16-5-10(6-17-13(21)9(3)4)22-7-11(19)18-14(15)23/h10H,1,3,5-7H2,2,4H3,(H,16,20)(H,17,21)(H3,15,18,19,23). The molecule has 5 N–H and O–H groups in total. The lowest BCUT2D eigenvalue weighted by atomic mass is 10.2. The van der Waals surface area contributed by atoms with Crippen molar-refractivity contribution in [1.29, 1.82) is 0 Å². The maximum Gasteiger partial charge on any atom is 0.252 e. The summed E-state index contributed by atoms with van der Waals surface area (Å²) in [6.07, 6.45) is -0.626. The van der Waals surface area contributed by atoms with E-state index in [-0.39, 0.29) is 36.6 Å². The van der Waals surface area contributed by atoms with Gasteiger partial charge in [-0.3, -0.25) is 14.4 Å². The summed E-state index contributed by atoms with van der Waals surface area (Å²) < 4.78 is 5.35. The van der Waals surface area contributed by atoms with Gasteiger partial charge < -0.3 is 26.4 Å². The quantitative estimate of drug-likeness (QED) is 0.319. The minimum atomic E-state index is -0.626. The molecule has 0 heterocycles. The lowest BCUT2D eigenvalue weighted by Gasteiger charge is -2.19. The van der Waals surface area contributed by atoms with Gasteiger partial charge in [0.1, 0.15) is 6.61 Å². The van der Waals surface area contributed by atoms with Crippen LogP contribution in [0.25, 0.3) is 0 Å². The fraction of sp³-hybridized carbons (Fsp3) is 0.429. The van der Waals surface area contributed by atoms with Crippen molar-refractivity contribution in [3.8, 4) is 0 Å². The molecule has 9 heteroatoms. The van der Waals surface area contributed by atoms with Gasteiger partial charge >= 0.3 is 0 Å². The van der Waals surface area contributed by atoms with E-state index in [9.17, 15) is 14.4 Å². The molecule has 128 valence electrons. The van der Waals surface area contributed by atoms with Gasteiger partial charge in [-0.05, 0) is 26.1 Å². The first-order chi connectivity index (χ1) is 10.6. The summed E-state index contributed by atoms with van der Waals surface area (Å²) >= 11 is 4.54. The predicted octanol–water partition coefficient (Wildman–Crippen LogP) is -0.884. The summed E-state index contributed by atoms with van der Waals surface area (Å²) in [6, 6.07) is 0. The Morgan fingerprint density at radius 1 is 1.09 bits per heavy atom. The summed E-state index contributed by atoms with van der Waals surface area (Å²) in [7, 11) is 0. The zero-order valence-corrected chi connectivity index (χ0v) is 14.0. The molecule has 0 unspecified atom stereocenters. The van der Waals surface area contributed by atoms with Gasteiger partial charge in [-0.25, -0.2) is 0 Å². The van der Waals surface area contributed by atoms with E-state index in [1.807, 2.05) is 0 Å². The Labute approximate surface area is 140 Å². The lowest BCUT2D eigenvalue weighted by molar-refractivity contribution is -0.126. The monoisotopic (exact) mass is 342 g/mol. The van der Waals surface area contributed by atoms with Gasteiger partial charge in [-0.15, -0.1) is 0 Å². The molecule has 23 heavy (non-hydrogen) atoms. The van der Waals surface area contributed by atoms with Crippen LogP contribution in [0.3, 0.4) is 0 Å². The molecule has 0 bridgehead atoms. The summed E-state index contributed by atoms with van der Waals surface area (Å²) in [6.45, 7) is 9.99. The van der Waals surface area contributed by atoms with Crippen molar-refractivity contribution >= 4 is 35.1 Å². The fourth-order valence-electron chi connectivity index (χ4n) is 1.27. The first kappa shape index (κ1) is 20.7. The average Bonchev–Trinajstić information content (AvgIpc) is 2.44. The van der Waals surface area contributed by atoms with E-state index in [0.717, 1.165) is 0 Å². The molecule has 0 radical (unpaired) electrons. The van der Waals surface area contributed by atoms with Gasteiger partial charge in [0.05, 0.1) is 6.10 Å². The van der Waals surface area contributed by atoms with Crippen LogP contribution >= 0.6 is 12.2 Å². The van der Waals surface area contributed by atoms with Crippen LogP contribution in [0.15, 0.2) is 24.3 Å². The molecule has 0 aromatic carbocycles. The molecule has 0 fully saturated rings. The second-order valence-electron chi connectivity index (χ2n) is 4.83. The number of rotatable bonds is 9. The Balaban J connectivity index is 4.53. The third kappa shape index (κ3) is 10.1. The topological polar surface area (TPSA) is 123 Å². The molecule has 0 atom stereocenters. The van der Waals surface area contributed by atoms with Crippen LogP contribution in [0.5, 0.6) is 0 Å². The Bertz CT molecular complexity index is 489. The average molecular weight is 342 g/mol. The maximum absolute atomic E-state index is 11.5. The smallest absolute Gasteiger partial charge is 0.252 e. The molecule has 0 aliphatic rings. The molecule has 0 aliphatic heterocycles. The molecule has 0 aromatic rings. The second kappa shape index (κ2) is 10.5. The van der Waals surface area contributed by atoms with Crippen molar-refractivity contribution in [2.45, 2.75) is 20.0 Å². The highest BCUT2D eigenvalue weighted by atomic mass is 32.1. The SMILES string of the molecule is C=C(C)C(=O)NCC(CNC(=O)C(=C)C)OCC(=O)NC(N)=S. The molecule has 0 aromatic heterocycles. The minimum absolute atomic E-state index is 0.0858. The maximum atomic E-state index is 11.5. The highest BCUT2D eigenvalue weighted by Crippen LogP contribution is 1.94. The number of amides is 3. The molecule has 0 saturated carbocycles. The molecule has 0 rings (SSSR count). The third-order valence-corrected chi connectivity index (χ3v) is 2.57. The summed E-state index contributed by atoms with van der Waals surface area (Å²) in [4.78, 5) is 34.4. The number of nitrogens with two attached hydrogens (primary N) is 1. The van der Waals surface area contributed by atoms with Crippen LogP contribution in [-0.2, 0) is 19.1 Å². The van der Waals surface area contributed by atoms with Gasteiger partial charge in [-0.2, -0.15) is 0 Å². The van der Waals surface area contributed by atoms with Crippen molar-refractivity contribution in [3.05, 3.63) is 24.3 Å². The van der Waals surface area contributed by atoms with E-state index < -0.39 is 12.0 Å². The first-order valence-electron chi connectivity index (χ1n) is 6.71. The van der Waals surface area contributed by atoms with Gasteiger partial charge in [0, 0.05) is 24.2 Å². The number of hydrogen-bond acceptors (Lipinski definition) is 5. The van der Waals surface area contributed by atoms with Crippen molar-refractivity contribution in [2.75, 3.05) is 19.7 Å². The number of thiocarbonyl (C=S) groups is 1. The van der Waals surface area contributed by atoms with E-state index in [4.69, 9.17) is 10.5 Å². The number of nitrogens with one attached hydrogen (secondary N) is 3. The number of ether oxygens (including phenoxy) is 1. The largest absolute Gasteiger partial charge is 0.376 e.